The van der Waals surface area contributed by atoms with Crippen LogP contribution in [0, 0.1) is 5.92 Å². The summed E-state index contributed by atoms with van der Waals surface area (Å²) in [6, 6.07) is 0. The van der Waals surface area contributed by atoms with Crippen LogP contribution in [0.4, 0.5) is 4.39 Å². The number of carbonyl (C=O) groups is 1. The van der Waals surface area contributed by atoms with Crippen molar-refractivity contribution >= 4 is 5.97 Å². The van der Waals surface area contributed by atoms with Gasteiger partial charge in [0.25, 0.3) is 0 Å². The lowest BCUT2D eigenvalue weighted by Gasteiger charge is -2.32. The Morgan fingerprint density at radius 2 is 2.14 bits per heavy atom. The molecule has 14 heavy (non-hydrogen) atoms. The molecule has 1 atom stereocenters. The van der Waals surface area contributed by atoms with Gasteiger partial charge in [-0.2, -0.15) is 0 Å². The minimum Gasteiger partial charge on any atom is -0.481 e. The summed E-state index contributed by atoms with van der Waals surface area (Å²) in [6.07, 6.45) is 0.0907. The molecular weight excluding hydrogens is 185 g/mol. The molecule has 1 aliphatic rings. The number of hydrogen-bond acceptors (Lipinski definition) is 2. The number of halogens is 1. The predicted octanol–water partition coefficient (Wildman–Crippen LogP) is 1.53. The zero-order valence-electron chi connectivity index (χ0n) is 8.58. The first kappa shape index (κ1) is 11.4. The summed E-state index contributed by atoms with van der Waals surface area (Å²) in [5.74, 6) is -1.08. The van der Waals surface area contributed by atoms with Gasteiger partial charge >= 0.3 is 5.97 Å². The van der Waals surface area contributed by atoms with Crippen molar-refractivity contribution in [2.75, 3.05) is 19.6 Å². The predicted molar refractivity (Wildman–Crippen MR) is 52.0 cm³/mol. The molecule has 4 heteroatoms. The Morgan fingerprint density at radius 1 is 1.57 bits per heavy atom. The second-order valence-electron chi connectivity index (χ2n) is 3.89. The molecule has 0 aromatic heterocycles. The van der Waals surface area contributed by atoms with Gasteiger partial charge in [0, 0.05) is 0 Å². The highest BCUT2D eigenvalue weighted by Gasteiger charge is 2.27. The van der Waals surface area contributed by atoms with Crippen molar-refractivity contribution < 1.29 is 14.3 Å². The van der Waals surface area contributed by atoms with Gasteiger partial charge in [0.1, 0.15) is 6.17 Å². The van der Waals surface area contributed by atoms with Gasteiger partial charge in [-0.15, -0.1) is 0 Å². The van der Waals surface area contributed by atoms with Crippen molar-refractivity contribution in [3.05, 3.63) is 0 Å². The summed E-state index contributed by atoms with van der Waals surface area (Å²) in [6.45, 7) is 4.90. The Hall–Kier alpha value is -0.640. The highest BCUT2D eigenvalue weighted by atomic mass is 19.1. The van der Waals surface area contributed by atoms with E-state index >= 15 is 0 Å². The Morgan fingerprint density at radius 3 is 2.57 bits per heavy atom. The normalized spacial score (nSPS) is 22.1. The van der Waals surface area contributed by atoms with Crippen molar-refractivity contribution in [2.45, 2.75) is 32.4 Å². The molecule has 1 heterocycles. The standard InChI is InChI=1S/C10H18FNO2/c1-2-12-5-3-8(4-6-12)9(11)7-10(13)14/h8-9H,2-7H2,1H3,(H,13,14). The maximum Gasteiger partial charge on any atom is 0.306 e. The van der Waals surface area contributed by atoms with Crippen LogP contribution >= 0.6 is 0 Å². The second kappa shape index (κ2) is 5.29. The lowest BCUT2D eigenvalue weighted by Crippen LogP contribution is -2.37. The molecule has 1 aliphatic heterocycles. The number of carboxylic acids is 1. The monoisotopic (exact) mass is 203 g/mol. The Balaban J connectivity index is 2.30. The van der Waals surface area contributed by atoms with Gasteiger partial charge < -0.3 is 10.0 Å². The number of carboxylic acid groups (broad SMARTS) is 1. The first-order valence-electron chi connectivity index (χ1n) is 5.21. The highest BCUT2D eigenvalue weighted by Crippen LogP contribution is 2.24. The van der Waals surface area contributed by atoms with Crippen LogP contribution in [0.5, 0.6) is 0 Å². The van der Waals surface area contributed by atoms with E-state index in [9.17, 15) is 9.18 Å². The average molecular weight is 203 g/mol. The van der Waals surface area contributed by atoms with E-state index in [1.807, 2.05) is 0 Å². The number of aliphatic carboxylic acids is 1. The molecule has 82 valence electrons. The third kappa shape index (κ3) is 3.25. The van der Waals surface area contributed by atoms with Crippen LogP contribution in [0.3, 0.4) is 0 Å². The van der Waals surface area contributed by atoms with Gasteiger partial charge in [0.05, 0.1) is 6.42 Å². The molecule has 3 nitrogen and oxygen atoms in total. The SMILES string of the molecule is CCN1CCC(C(F)CC(=O)O)CC1. The van der Waals surface area contributed by atoms with Crippen LogP contribution in [0.2, 0.25) is 0 Å². The molecule has 0 radical (unpaired) electrons. The third-order valence-corrected chi connectivity index (χ3v) is 2.96. The number of nitrogens with zero attached hydrogens (tertiary/aromatic N) is 1. The van der Waals surface area contributed by atoms with E-state index in [1.165, 1.54) is 0 Å². The Labute approximate surface area is 83.9 Å². The molecule has 1 rings (SSSR count). The topological polar surface area (TPSA) is 40.5 Å². The van der Waals surface area contributed by atoms with Crippen molar-refractivity contribution in [3.63, 3.8) is 0 Å². The van der Waals surface area contributed by atoms with Crippen molar-refractivity contribution in [3.8, 4) is 0 Å². The van der Waals surface area contributed by atoms with Gasteiger partial charge in [-0.3, -0.25) is 4.79 Å². The third-order valence-electron chi connectivity index (χ3n) is 2.96. The van der Waals surface area contributed by atoms with Crippen LogP contribution in [0.15, 0.2) is 0 Å². The van der Waals surface area contributed by atoms with Crippen LogP contribution in [0.25, 0.3) is 0 Å². The first-order chi connectivity index (χ1) is 6.63. The lowest BCUT2D eigenvalue weighted by atomic mass is 9.90. The maximum atomic E-state index is 13.4. The van der Waals surface area contributed by atoms with Crippen LogP contribution in [0.1, 0.15) is 26.2 Å². The summed E-state index contributed by atoms with van der Waals surface area (Å²) in [5.41, 5.74) is 0. The van der Waals surface area contributed by atoms with Gasteiger partial charge in [0.15, 0.2) is 0 Å². The van der Waals surface area contributed by atoms with Crippen molar-refractivity contribution in [2.24, 2.45) is 5.92 Å². The van der Waals surface area contributed by atoms with Gasteiger partial charge in [-0.1, -0.05) is 6.92 Å². The van der Waals surface area contributed by atoms with Crippen molar-refractivity contribution in [1.82, 2.24) is 4.90 Å². The van der Waals surface area contributed by atoms with E-state index in [0.717, 1.165) is 32.5 Å². The molecule has 1 saturated heterocycles. The molecular formula is C10H18FNO2. The molecule has 1 unspecified atom stereocenters. The lowest BCUT2D eigenvalue weighted by molar-refractivity contribution is -0.139. The van der Waals surface area contributed by atoms with E-state index in [-0.39, 0.29) is 12.3 Å². The summed E-state index contributed by atoms with van der Waals surface area (Å²) >= 11 is 0. The van der Waals surface area contributed by atoms with E-state index < -0.39 is 12.1 Å². The molecule has 0 aliphatic carbocycles. The largest absolute Gasteiger partial charge is 0.481 e. The number of rotatable bonds is 4. The van der Waals surface area contributed by atoms with Gasteiger partial charge in [0.2, 0.25) is 0 Å². The minimum atomic E-state index is -1.16. The molecule has 0 aromatic rings. The smallest absolute Gasteiger partial charge is 0.306 e. The molecule has 1 N–H and O–H groups in total. The number of alkyl halides is 1. The Bertz CT molecular complexity index is 191. The number of hydrogen-bond donors (Lipinski definition) is 1. The van der Waals surface area contributed by atoms with Crippen molar-refractivity contribution in [1.29, 1.82) is 0 Å². The first-order valence-corrected chi connectivity index (χ1v) is 5.21. The van der Waals surface area contributed by atoms with Gasteiger partial charge in [-0.25, -0.2) is 4.39 Å². The molecule has 0 saturated carbocycles. The average Bonchev–Trinajstić information content (AvgIpc) is 2.17. The molecule has 0 aromatic carbocycles. The fourth-order valence-corrected chi connectivity index (χ4v) is 1.96. The minimum absolute atomic E-state index is 0.0473. The molecule has 0 bridgehead atoms. The summed E-state index contributed by atoms with van der Waals surface area (Å²) < 4.78 is 13.4. The fraction of sp³-hybridized carbons (Fsp3) is 0.900. The summed E-state index contributed by atoms with van der Waals surface area (Å²) in [4.78, 5) is 12.6. The highest BCUT2D eigenvalue weighted by molar-refractivity contribution is 5.67. The zero-order chi connectivity index (χ0) is 10.6. The zero-order valence-corrected chi connectivity index (χ0v) is 8.58. The molecule has 0 spiro atoms. The van der Waals surface area contributed by atoms with Crippen LogP contribution in [-0.2, 0) is 4.79 Å². The Kier molecular flexibility index (Phi) is 4.32. The second-order valence-corrected chi connectivity index (χ2v) is 3.89. The maximum absolute atomic E-state index is 13.4. The number of likely N-dealkylation sites (tertiary alicyclic amines) is 1. The van der Waals surface area contributed by atoms with E-state index in [4.69, 9.17) is 5.11 Å². The molecule has 1 fully saturated rings. The van der Waals surface area contributed by atoms with Crippen LogP contribution in [-0.4, -0.2) is 41.8 Å². The van der Waals surface area contributed by atoms with Gasteiger partial charge in [-0.05, 0) is 38.4 Å². The van der Waals surface area contributed by atoms with E-state index in [1.54, 1.807) is 0 Å². The van der Waals surface area contributed by atoms with E-state index in [0.29, 0.717) is 0 Å². The summed E-state index contributed by atoms with van der Waals surface area (Å²) in [7, 11) is 0. The quantitative estimate of drug-likeness (QED) is 0.753. The van der Waals surface area contributed by atoms with Crippen LogP contribution < -0.4 is 0 Å². The number of piperidine rings is 1. The van der Waals surface area contributed by atoms with E-state index in [2.05, 4.69) is 11.8 Å². The molecule has 0 amide bonds. The summed E-state index contributed by atoms with van der Waals surface area (Å²) in [5, 5.41) is 8.46. The fourth-order valence-electron chi connectivity index (χ4n) is 1.96.